The van der Waals surface area contributed by atoms with Crippen molar-refractivity contribution in [3.8, 4) is 0 Å². The third-order valence-corrected chi connectivity index (χ3v) is 6.04. The lowest BCUT2D eigenvalue weighted by atomic mass is 9.97. The summed E-state index contributed by atoms with van der Waals surface area (Å²) in [5.41, 5.74) is -1.10. The lowest BCUT2D eigenvalue weighted by Gasteiger charge is -2.31. The van der Waals surface area contributed by atoms with Gasteiger partial charge in [0.15, 0.2) is 0 Å². The summed E-state index contributed by atoms with van der Waals surface area (Å²) in [4.78, 5) is 39.7. The molecule has 0 aliphatic carbocycles. The Labute approximate surface area is 177 Å². The van der Waals surface area contributed by atoms with Gasteiger partial charge in [0.1, 0.15) is 11.6 Å². The van der Waals surface area contributed by atoms with Crippen molar-refractivity contribution in [2.45, 2.75) is 52.7 Å². The van der Waals surface area contributed by atoms with Crippen LogP contribution in [0.25, 0.3) is 0 Å². The molecule has 0 saturated carbocycles. The van der Waals surface area contributed by atoms with Crippen molar-refractivity contribution in [3.05, 3.63) is 31.2 Å². The molecule has 0 bridgehead atoms. The molecule has 0 unspecified atom stereocenters. The Kier molecular flexibility index (Phi) is 6.42. The molecule has 1 heterocycles. The minimum absolute atomic E-state index is 0.123. The zero-order valence-corrected chi connectivity index (χ0v) is 18.5. The van der Waals surface area contributed by atoms with Crippen molar-refractivity contribution >= 4 is 64.2 Å². The average molecular weight is 455 g/mol. The van der Waals surface area contributed by atoms with E-state index >= 15 is 0 Å². The number of hydrogen-bond donors (Lipinski definition) is 0. The summed E-state index contributed by atoms with van der Waals surface area (Å²) in [5.74, 6) is -2.55. The standard InChI is InChI=1S/C18H19Cl4NO4/c1-6-7(2)14(17(26)27-18(3,4)5)23-15(24)8-9(16(23)25)11(20)13(22)12(21)10(8)19/h7,14H,6H2,1-5H3/t7-,14-/m0/s1. The van der Waals surface area contributed by atoms with Crippen LogP contribution in [-0.2, 0) is 9.53 Å². The van der Waals surface area contributed by atoms with Gasteiger partial charge in [-0.15, -0.1) is 0 Å². The van der Waals surface area contributed by atoms with E-state index in [9.17, 15) is 14.4 Å². The minimum atomic E-state index is -1.13. The number of benzene rings is 1. The van der Waals surface area contributed by atoms with Gasteiger partial charge in [-0.3, -0.25) is 14.5 Å². The van der Waals surface area contributed by atoms with Crippen LogP contribution < -0.4 is 0 Å². The molecular weight excluding hydrogens is 436 g/mol. The van der Waals surface area contributed by atoms with E-state index in [0.29, 0.717) is 6.42 Å². The number of ether oxygens (including phenoxy) is 1. The van der Waals surface area contributed by atoms with Crippen LogP contribution in [0.15, 0.2) is 0 Å². The second-order valence-corrected chi connectivity index (χ2v) is 8.86. The maximum absolute atomic E-state index is 13.0. The first-order chi connectivity index (χ1) is 12.3. The molecule has 0 saturated heterocycles. The van der Waals surface area contributed by atoms with Crippen molar-refractivity contribution in [2.24, 2.45) is 5.92 Å². The molecule has 5 nitrogen and oxygen atoms in total. The van der Waals surface area contributed by atoms with Gasteiger partial charge in [0.25, 0.3) is 11.8 Å². The molecule has 2 atom stereocenters. The van der Waals surface area contributed by atoms with Crippen molar-refractivity contribution in [1.82, 2.24) is 4.90 Å². The first-order valence-corrected chi connectivity index (χ1v) is 9.81. The van der Waals surface area contributed by atoms with Gasteiger partial charge in [0.05, 0.1) is 31.2 Å². The van der Waals surface area contributed by atoms with Gasteiger partial charge >= 0.3 is 5.97 Å². The highest BCUT2D eigenvalue weighted by Gasteiger charge is 2.49. The minimum Gasteiger partial charge on any atom is -0.458 e. The number of halogens is 4. The number of fused-ring (bicyclic) bond motifs is 1. The highest BCUT2D eigenvalue weighted by atomic mass is 35.5. The average Bonchev–Trinajstić information content (AvgIpc) is 2.81. The molecule has 27 heavy (non-hydrogen) atoms. The van der Waals surface area contributed by atoms with Crippen LogP contribution in [0.1, 0.15) is 61.8 Å². The van der Waals surface area contributed by atoms with Crippen molar-refractivity contribution in [3.63, 3.8) is 0 Å². The number of esters is 1. The Morgan fingerprint density at radius 3 is 1.70 bits per heavy atom. The number of carbonyl (C=O) groups excluding carboxylic acids is 3. The highest BCUT2D eigenvalue weighted by molar-refractivity contribution is 6.55. The van der Waals surface area contributed by atoms with Crippen LogP contribution in [0.2, 0.25) is 20.1 Å². The summed E-state index contributed by atoms with van der Waals surface area (Å²) in [6.45, 7) is 8.70. The molecule has 0 N–H and O–H groups in total. The lowest BCUT2D eigenvalue weighted by molar-refractivity contribution is -0.161. The SMILES string of the molecule is CC[C@H](C)[C@@H](C(=O)OC(C)(C)C)N1C(=O)c2c(Cl)c(Cl)c(Cl)c(Cl)c2C1=O. The molecule has 0 radical (unpaired) electrons. The fourth-order valence-electron chi connectivity index (χ4n) is 2.80. The molecule has 9 heteroatoms. The quantitative estimate of drug-likeness (QED) is 0.255. The summed E-state index contributed by atoms with van der Waals surface area (Å²) >= 11 is 24.4. The van der Waals surface area contributed by atoms with Crippen LogP contribution in [-0.4, -0.2) is 34.3 Å². The van der Waals surface area contributed by atoms with Crippen LogP contribution in [0.5, 0.6) is 0 Å². The molecule has 1 aliphatic heterocycles. The Morgan fingerprint density at radius 1 is 0.963 bits per heavy atom. The third kappa shape index (κ3) is 3.93. The number of amides is 2. The van der Waals surface area contributed by atoms with E-state index < -0.39 is 29.4 Å². The molecule has 0 aromatic heterocycles. The molecule has 1 aromatic carbocycles. The maximum atomic E-state index is 13.0. The normalized spacial score (nSPS) is 16.4. The van der Waals surface area contributed by atoms with E-state index in [1.54, 1.807) is 27.7 Å². The van der Waals surface area contributed by atoms with E-state index in [-0.39, 0.29) is 37.1 Å². The van der Waals surface area contributed by atoms with Crippen LogP contribution in [0.4, 0.5) is 0 Å². The number of hydrogen-bond acceptors (Lipinski definition) is 4. The van der Waals surface area contributed by atoms with Gasteiger partial charge in [-0.2, -0.15) is 0 Å². The van der Waals surface area contributed by atoms with Crippen molar-refractivity contribution in [2.75, 3.05) is 0 Å². The molecule has 0 spiro atoms. The highest BCUT2D eigenvalue weighted by Crippen LogP contribution is 2.45. The van der Waals surface area contributed by atoms with Gasteiger partial charge in [0, 0.05) is 0 Å². The van der Waals surface area contributed by atoms with E-state index in [4.69, 9.17) is 51.1 Å². The summed E-state index contributed by atoms with van der Waals surface area (Å²) in [5, 5.41) is -0.590. The smallest absolute Gasteiger partial charge is 0.330 e. The molecule has 1 aliphatic rings. The van der Waals surface area contributed by atoms with Gasteiger partial charge in [-0.1, -0.05) is 66.7 Å². The van der Waals surface area contributed by atoms with E-state index in [0.717, 1.165) is 4.90 Å². The fourth-order valence-corrected chi connectivity index (χ4v) is 3.81. The summed E-state index contributed by atoms with van der Waals surface area (Å²) in [7, 11) is 0. The van der Waals surface area contributed by atoms with E-state index in [2.05, 4.69) is 0 Å². The second-order valence-electron chi connectivity index (χ2n) is 7.35. The molecule has 0 fully saturated rings. The van der Waals surface area contributed by atoms with Gasteiger partial charge < -0.3 is 4.74 Å². The molecule has 148 valence electrons. The third-order valence-electron chi connectivity index (χ3n) is 4.24. The lowest BCUT2D eigenvalue weighted by Crippen LogP contribution is -2.50. The molecule has 2 amide bonds. The van der Waals surface area contributed by atoms with Gasteiger partial charge in [0.2, 0.25) is 0 Å². The summed E-state index contributed by atoms with van der Waals surface area (Å²) in [6.07, 6.45) is 0.528. The van der Waals surface area contributed by atoms with Crippen molar-refractivity contribution < 1.29 is 19.1 Å². The van der Waals surface area contributed by atoms with Gasteiger partial charge in [-0.25, -0.2) is 4.79 Å². The number of imide groups is 1. The number of carbonyl (C=O) groups is 3. The maximum Gasteiger partial charge on any atom is 0.330 e. The second kappa shape index (κ2) is 7.78. The Morgan fingerprint density at radius 2 is 1.37 bits per heavy atom. The number of nitrogens with zero attached hydrogens (tertiary/aromatic N) is 1. The van der Waals surface area contributed by atoms with Crippen molar-refractivity contribution in [1.29, 1.82) is 0 Å². The zero-order chi connectivity index (χ0) is 20.8. The largest absolute Gasteiger partial charge is 0.458 e. The van der Waals surface area contributed by atoms with Crippen LogP contribution >= 0.6 is 46.4 Å². The topological polar surface area (TPSA) is 63.7 Å². The monoisotopic (exact) mass is 453 g/mol. The van der Waals surface area contributed by atoms with Crippen LogP contribution in [0, 0.1) is 5.92 Å². The predicted molar refractivity (Wildman–Crippen MR) is 106 cm³/mol. The summed E-state index contributed by atoms with van der Waals surface area (Å²) < 4.78 is 5.44. The van der Waals surface area contributed by atoms with Crippen LogP contribution in [0.3, 0.4) is 0 Å². The molecular formula is C18H19Cl4NO4. The molecule has 1 aromatic rings. The fraction of sp³-hybridized carbons (Fsp3) is 0.500. The Balaban J connectivity index is 2.61. The van der Waals surface area contributed by atoms with Gasteiger partial charge in [-0.05, 0) is 26.7 Å². The first kappa shape index (κ1) is 22.3. The number of rotatable bonds is 4. The van der Waals surface area contributed by atoms with E-state index in [1.807, 2.05) is 6.92 Å². The zero-order valence-electron chi connectivity index (χ0n) is 15.5. The first-order valence-electron chi connectivity index (χ1n) is 8.30. The molecule has 2 rings (SSSR count). The predicted octanol–water partition coefficient (Wildman–Crippen LogP) is 5.65. The Hall–Kier alpha value is -1.01. The Bertz CT molecular complexity index is 785. The van der Waals surface area contributed by atoms with E-state index in [1.165, 1.54) is 0 Å². The summed E-state index contributed by atoms with van der Waals surface area (Å²) in [6, 6.07) is -1.13.